The van der Waals surface area contributed by atoms with Crippen molar-refractivity contribution in [2.45, 2.75) is 18.9 Å². The molecule has 0 amide bonds. The first-order valence-corrected chi connectivity index (χ1v) is 7.92. The molecule has 0 spiro atoms. The molecule has 19 heavy (non-hydrogen) atoms. The van der Waals surface area contributed by atoms with Gasteiger partial charge < -0.3 is 10.3 Å². The van der Waals surface area contributed by atoms with Crippen LogP contribution in [-0.2, 0) is 0 Å². The lowest BCUT2D eigenvalue weighted by atomic mass is 10.3. The van der Waals surface area contributed by atoms with Gasteiger partial charge >= 0.3 is 0 Å². The lowest BCUT2D eigenvalue weighted by molar-refractivity contribution is 0.776. The average molecular weight is 334 g/mol. The SMILES string of the molecule is Nc1sccc1-c1nc2cc(Br)ccc2n1C1CC1. The fourth-order valence-electron chi connectivity index (χ4n) is 2.47. The molecular formula is C14H12BrN3S. The molecule has 0 aliphatic heterocycles. The monoisotopic (exact) mass is 333 g/mol. The molecule has 1 aliphatic rings. The standard InChI is InChI=1S/C14H12BrN3S/c15-8-1-4-12-11(7-8)17-14(18(12)9-2-3-9)10-5-6-19-13(10)16/h1,4-7,9H,2-3,16H2. The Morgan fingerprint density at radius 3 is 2.84 bits per heavy atom. The summed E-state index contributed by atoms with van der Waals surface area (Å²) in [5.41, 5.74) is 9.36. The van der Waals surface area contributed by atoms with E-state index in [4.69, 9.17) is 10.7 Å². The molecule has 0 bridgehead atoms. The van der Waals surface area contributed by atoms with E-state index in [1.807, 2.05) is 5.38 Å². The minimum absolute atomic E-state index is 0.584. The summed E-state index contributed by atoms with van der Waals surface area (Å²) in [6, 6.07) is 8.93. The molecule has 0 saturated heterocycles. The molecule has 0 atom stereocenters. The van der Waals surface area contributed by atoms with Gasteiger partial charge in [-0.15, -0.1) is 11.3 Å². The molecule has 0 radical (unpaired) electrons. The molecule has 2 aromatic heterocycles. The number of thiophene rings is 1. The number of aromatic nitrogens is 2. The highest BCUT2D eigenvalue weighted by atomic mass is 79.9. The van der Waals surface area contributed by atoms with Crippen molar-refractivity contribution in [3.8, 4) is 11.4 Å². The first-order chi connectivity index (χ1) is 9.24. The normalized spacial score (nSPS) is 15.2. The third-order valence-corrected chi connectivity index (χ3v) is 4.74. The Labute approximate surface area is 123 Å². The van der Waals surface area contributed by atoms with E-state index in [0.717, 1.165) is 26.4 Å². The van der Waals surface area contributed by atoms with Gasteiger partial charge in [0.1, 0.15) is 5.82 Å². The number of benzene rings is 1. The molecule has 1 saturated carbocycles. The molecule has 2 heterocycles. The fourth-order valence-corrected chi connectivity index (χ4v) is 3.46. The van der Waals surface area contributed by atoms with Gasteiger partial charge in [-0.05, 0) is 42.5 Å². The molecule has 4 rings (SSSR count). The Bertz CT molecular complexity index is 770. The molecule has 3 aromatic rings. The first-order valence-electron chi connectivity index (χ1n) is 6.25. The molecule has 3 nitrogen and oxygen atoms in total. The third-order valence-electron chi connectivity index (χ3n) is 3.50. The van der Waals surface area contributed by atoms with Crippen molar-refractivity contribution in [2.24, 2.45) is 0 Å². The van der Waals surface area contributed by atoms with Crippen molar-refractivity contribution < 1.29 is 0 Å². The van der Waals surface area contributed by atoms with Gasteiger partial charge in [0.15, 0.2) is 0 Å². The van der Waals surface area contributed by atoms with Crippen LogP contribution in [0.2, 0.25) is 0 Å². The predicted octanol–water partition coefficient (Wildman–Crippen LogP) is 4.44. The molecule has 2 N–H and O–H groups in total. The van der Waals surface area contributed by atoms with E-state index >= 15 is 0 Å². The van der Waals surface area contributed by atoms with Gasteiger partial charge in [0, 0.05) is 10.5 Å². The van der Waals surface area contributed by atoms with Crippen LogP contribution in [0, 0.1) is 0 Å². The lowest BCUT2D eigenvalue weighted by Crippen LogP contribution is -1.98. The molecule has 96 valence electrons. The Balaban J connectivity index is 2.04. The summed E-state index contributed by atoms with van der Waals surface area (Å²) in [6.45, 7) is 0. The van der Waals surface area contributed by atoms with Gasteiger partial charge in [0.25, 0.3) is 0 Å². The smallest absolute Gasteiger partial charge is 0.144 e. The number of nitrogens with two attached hydrogens (primary N) is 1. The van der Waals surface area contributed by atoms with Crippen molar-refractivity contribution in [1.82, 2.24) is 9.55 Å². The van der Waals surface area contributed by atoms with Gasteiger partial charge in [-0.25, -0.2) is 4.98 Å². The number of hydrogen-bond donors (Lipinski definition) is 1. The van der Waals surface area contributed by atoms with E-state index in [9.17, 15) is 0 Å². The summed E-state index contributed by atoms with van der Waals surface area (Å²) in [4.78, 5) is 4.80. The van der Waals surface area contributed by atoms with E-state index in [0.29, 0.717) is 6.04 Å². The van der Waals surface area contributed by atoms with Gasteiger partial charge in [-0.3, -0.25) is 0 Å². The summed E-state index contributed by atoms with van der Waals surface area (Å²) >= 11 is 5.08. The zero-order chi connectivity index (χ0) is 13.0. The Morgan fingerprint density at radius 1 is 1.32 bits per heavy atom. The second-order valence-electron chi connectivity index (χ2n) is 4.87. The van der Waals surface area contributed by atoms with Crippen LogP contribution in [0.15, 0.2) is 34.1 Å². The largest absolute Gasteiger partial charge is 0.390 e. The number of hydrogen-bond acceptors (Lipinski definition) is 3. The van der Waals surface area contributed by atoms with Gasteiger partial charge in [-0.1, -0.05) is 15.9 Å². The van der Waals surface area contributed by atoms with Gasteiger partial charge in [-0.2, -0.15) is 0 Å². The number of anilines is 1. The Kier molecular flexibility index (Phi) is 2.47. The third kappa shape index (κ3) is 1.80. The van der Waals surface area contributed by atoms with E-state index in [1.165, 1.54) is 18.4 Å². The fraction of sp³-hybridized carbons (Fsp3) is 0.214. The number of halogens is 1. The topological polar surface area (TPSA) is 43.8 Å². The number of nitrogen functional groups attached to an aromatic ring is 1. The van der Waals surface area contributed by atoms with Crippen molar-refractivity contribution in [3.05, 3.63) is 34.1 Å². The van der Waals surface area contributed by atoms with Crippen molar-refractivity contribution in [2.75, 3.05) is 5.73 Å². The number of rotatable bonds is 2. The molecule has 1 aromatic carbocycles. The molecule has 1 aliphatic carbocycles. The molecule has 5 heteroatoms. The quantitative estimate of drug-likeness (QED) is 0.753. The predicted molar refractivity (Wildman–Crippen MR) is 83.4 cm³/mol. The van der Waals surface area contributed by atoms with Crippen LogP contribution in [-0.4, -0.2) is 9.55 Å². The maximum atomic E-state index is 6.07. The van der Waals surface area contributed by atoms with Crippen LogP contribution >= 0.6 is 27.3 Å². The summed E-state index contributed by atoms with van der Waals surface area (Å²) in [6.07, 6.45) is 2.47. The van der Waals surface area contributed by atoms with Crippen LogP contribution in [0.3, 0.4) is 0 Å². The number of fused-ring (bicyclic) bond motifs is 1. The highest BCUT2D eigenvalue weighted by Crippen LogP contribution is 2.43. The zero-order valence-electron chi connectivity index (χ0n) is 10.1. The van der Waals surface area contributed by atoms with Crippen LogP contribution in [0.4, 0.5) is 5.00 Å². The Morgan fingerprint density at radius 2 is 2.16 bits per heavy atom. The van der Waals surface area contributed by atoms with Crippen LogP contribution < -0.4 is 5.73 Å². The Hall–Kier alpha value is -1.33. The van der Waals surface area contributed by atoms with E-state index in [1.54, 1.807) is 11.3 Å². The van der Waals surface area contributed by atoms with E-state index in [2.05, 4.69) is 44.8 Å². The minimum atomic E-state index is 0.584. The van der Waals surface area contributed by atoms with E-state index in [-0.39, 0.29) is 0 Å². The second kappa shape index (κ2) is 4.08. The highest BCUT2D eigenvalue weighted by Gasteiger charge is 2.29. The van der Waals surface area contributed by atoms with Crippen LogP contribution in [0.1, 0.15) is 18.9 Å². The highest BCUT2D eigenvalue weighted by molar-refractivity contribution is 9.10. The summed E-state index contributed by atoms with van der Waals surface area (Å²) in [7, 11) is 0. The van der Waals surface area contributed by atoms with Gasteiger partial charge in [0.2, 0.25) is 0 Å². The van der Waals surface area contributed by atoms with E-state index < -0.39 is 0 Å². The number of nitrogens with zero attached hydrogens (tertiary/aromatic N) is 2. The van der Waals surface area contributed by atoms with Crippen molar-refractivity contribution in [1.29, 1.82) is 0 Å². The maximum Gasteiger partial charge on any atom is 0.144 e. The van der Waals surface area contributed by atoms with Crippen molar-refractivity contribution in [3.63, 3.8) is 0 Å². The minimum Gasteiger partial charge on any atom is -0.390 e. The van der Waals surface area contributed by atoms with Gasteiger partial charge in [0.05, 0.1) is 21.6 Å². The van der Waals surface area contributed by atoms with Crippen LogP contribution in [0.5, 0.6) is 0 Å². The number of imidazole rings is 1. The van der Waals surface area contributed by atoms with Crippen LogP contribution in [0.25, 0.3) is 22.4 Å². The summed E-state index contributed by atoms with van der Waals surface area (Å²) < 4.78 is 3.41. The first kappa shape index (κ1) is 11.5. The summed E-state index contributed by atoms with van der Waals surface area (Å²) in [5.74, 6) is 1.01. The lowest BCUT2D eigenvalue weighted by Gasteiger charge is -2.07. The molecule has 0 unspecified atom stereocenters. The summed E-state index contributed by atoms with van der Waals surface area (Å²) in [5, 5.41) is 2.87. The van der Waals surface area contributed by atoms with Crippen molar-refractivity contribution >= 4 is 43.3 Å². The maximum absolute atomic E-state index is 6.07. The zero-order valence-corrected chi connectivity index (χ0v) is 12.5. The average Bonchev–Trinajstić information content (AvgIpc) is 3.03. The second-order valence-corrected chi connectivity index (χ2v) is 6.73. The molecule has 1 fully saturated rings. The molecular weight excluding hydrogens is 322 g/mol.